The van der Waals surface area contributed by atoms with Crippen molar-refractivity contribution < 1.29 is 121 Å². The molecule has 7 rings (SSSR count). The summed E-state index contributed by atoms with van der Waals surface area (Å²) in [4.78, 5) is 110. The molecule has 0 radical (unpaired) electrons. The largest absolute Gasteiger partial charge is 1.00 e. The molecule has 1 amide bonds. The van der Waals surface area contributed by atoms with Crippen molar-refractivity contribution >= 4 is 47.5 Å². The minimum atomic E-state index is -2.56. The number of Topliss-reactive ketones (excluding diaryl/α,β-unsaturated/α-hetero) is 1. The van der Waals surface area contributed by atoms with Gasteiger partial charge in [-0.05, 0) is 61.4 Å². The molecule has 0 spiro atoms. The maximum Gasteiger partial charge on any atom is 1.00 e. The van der Waals surface area contributed by atoms with Gasteiger partial charge in [-0.2, -0.15) is 0 Å². The molecule has 12 atom stereocenters. The van der Waals surface area contributed by atoms with Crippen LogP contribution in [0, 0.1) is 16.7 Å². The Morgan fingerprint density at radius 3 is 2.06 bits per heavy atom. The van der Waals surface area contributed by atoms with Crippen molar-refractivity contribution in [2.24, 2.45) is 16.7 Å². The zero-order valence-electron chi connectivity index (χ0n) is 39.4. The van der Waals surface area contributed by atoms with E-state index in [-0.39, 0.29) is 64.0 Å². The number of carbonyl (C=O) groups excluding carboxylic acids is 8. The number of hydrogen-bond acceptors (Lipinski definition) is 19. The van der Waals surface area contributed by atoms with E-state index in [1.165, 1.54) is 70.4 Å². The van der Waals surface area contributed by atoms with Gasteiger partial charge in [0, 0.05) is 37.7 Å². The molecule has 1 saturated heterocycles. The Bertz CT molecular complexity index is 2550. The van der Waals surface area contributed by atoms with Crippen LogP contribution in [0.15, 0.2) is 94.6 Å². The van der Waals surface area contributed by atoms with Crippen LogP contribution in [0.25, 0.3) is 0 Å². The normalized spacial score (nSPS) is 29.8. The fraction of sp³-hybridized carbons (Fsp3) is 0.469. The summed E-state index contributed by atoms with van der Waals surface area (Å²) in [5.41, 5.74) is -8.44. The van der Waals surface area contributed by atoms with E-state index >= 15 is 4.79 Å². The molecule has 3 fully saturated rings. The van der Waals surface area contributed by atoms with Crippen molar-refractivity contribution in [3.8, 4) is 0 Å². The Labute approximate surface area is 423 Å². The Hall–Kier alpha value is -5.74. The number of rotatable bonds is 14. The number of ether oxygens (including phenoxy) is 6. The van der Waals surface area contributed by atoms with Gasteiger partial charge in [-0.1, -0.05) is 50.2 Å². The summed E-state index contributed by atoms with van der Waals surface area (Å²) in [6, 6.07) is 16.2. The van der Waals surface area contributed by atoms with Crippen molar-refractivity contribution in [2.45, 2.75) is 121 Å². The third kappa shape index (κ3) is 9.57. The van der Waals surface area contributed by atoms with E-state index in [4.69, 9.17) is 32.8 Å². The molecule has 2 saturated carbocycles. The topological polar surface area (TPSA) is 301 Å². The van der Waals surface area contributed by atoms with Crippen LogP contribution in [0.1, 0.15) is 93.3 Å². The van der Waals surface area contributed by atoms with Crippen molar-refractivity contribution in [1.29, 1.82) is 0 Å². The predicted molar refractivity (Wildman–Crippen MR) is 229 cm³/mol. The van der Waals surface area contributed by atoms with Gasteiger partial charge in [0.2, 0.25) is 6.10 Å². The summed E-state index contributed by atoms with van der Waals surface area (Å²) in [5, 5.41) is 50.0. The predicted octanol–water partition coefficient (Wildman–Crippen LogP) is -1.62. The number of nitrogens with one attached hydrogen (secondary N) is 1. The molecular formula is C49H52NNaO19. The first-order valence-corrected chi connectivity index (χ1v) is 22.1. The molecule has 3 aromatic rings. The fourth-order valence-corrected chi connectivity index (χ4v) is 10.5. The van der Waals surface area contributed by atoms with Gasteiger partial charge in [0.05, 0.1) is 48.3 Å². The minimum absolute atomic E-state index is 0. The fourth-order valence-electron chi connectivity index (χ4n) is 10.5. The number of benzene rings is 2. The van der Waals surface area contributed by atoms with Crippen LogP contribution >= 0.6 is 0 Å². The van der Waals surface area contributed by atoms with Gasteiger partial charge in [0.1, 0.15) is 41.8 Å². The Balaban J connectivity index is 0.00000804. The molecule has 4 aliphatic rings. The molecule has 1 aliphatic heterocycles. The molecule has 1 aromatic heterocycles. The van der Waals surface area contributed by atoms with Crippen LogP contribution in [-0.2, 0) is 57.2 Å². The number of amides is 1. The van der Waals surface area contributed by atoms with E-state index in [0.29, 0.717) is 0 Å². The van der Waals surface area contributed by atoms with Gasteiger partial charge in [-0.15, -0.1) is 0 Å². The summed E-state index contributed by atoms with van der Waals surface area (Å²) in [6.45, 7) is 7.43. The van der Waals surface area contributed by atoms with Crippen molar-refractivity contribution in [1.82, 2.24) is 5.32 Å². The van der Waals surface area contributed by atoms with Gasteiger partial charge >= 0.3 is 59.4 Å². The second-order valence-electron chi connectivity index (χ2n) is 18.5. The van der Waals surface area contributed by atoms with E-state index in [1.807, 2.05) is 0 Å². The zero-order valence-corrected chi connectivity index (χ0v) is 41.4. The standard InChI is InChI=1S/C49H53NO19.Na/c1-24-31(66-45(61)38(67-34(55)20-29(53)43(58)59)36(30-18-13-19-63-30)50-42(57)27-14-9-7-10-15-27)22-49(62)41(68-44(60)28-16-11-8-12-17-28)39-47(6,32(54)21-33-48(39,23-64-33)69-26(3)52)40(56)37(65-25(2)51)35(24)46(49,4)5;/h7-19,29,31-33,36-39,41,53-54,62H,20-23H2,1-6H3,(H,50,57)(H,58,59);/q;+1/p-1/t29-,31-,32-,33+,36-,37+,38+,39-,41-,47+,48-,49+;/m0./s1. The average Bonchev–Trinajstić information content (AvgIpc) is 3.84. The van der Waals surface area contributed by atoms with Gasteiger partial charge in [-0.25, -0.2) is 9.59 Å². The van der Waals surface area contributed by atoms with Crippen molar-refractivity contribution in [3.63, 3.8) is 0 Å². The van der Waals surface area contributed by atoms with Gasteiger partial charge < -0.3 is 63.4 Å². The minimum Gasteiger partial charge on any atom is -0.547 e. The number of fused-ring (bicyclic) bond motifs is 5. The molecule has 2 bridgehead atoms. The summed E-state index contributed by atoms with van der Waals surface area (Å²) < 4.78 is 41.4. The first-order chi connectivity index (χ1) is 32.5. The number of hydrogen-bond donors (Lipinski definition) is 4. The van der Waals surface area contributed by atoms with E-state index in [1.54, 1.807) is 36.4 Å². The van der Waals surface area contributed by atoms with Crippen LogP contribution in [0.2, 0.25) is 0 Å². The van der Waals surface area contributed by atoms with Crippen LogP contribution in [0.3, 0.4) is 0 Å². The van der Waals surface area contributed by atoms with E-state index in [9.17, 15) is 54.0 Å². The molecule has 3 aliphatic carbocycles. The number of aliphatic hydroxyl groups excluding tert-OH is 2. The first-order valence-electron chi connectivity index (χ1n) is 22.1. The van der Waals surface area contributed by atoms with Crippen LogP contribution < -0.4 is 40.0 Å². The number of ketones is 1. The number of carboxylic acids is 1. The van der Waals surface area contributed by atoms with E-state index < -0.39 is 144 Å². The number of aliphatic hydroxyl groups is 3. The van der Waals surface area contributed by atoms with E-state index in [0.717, 1.165) is 13.8 Å². The third-order valence-corrected chi connectivity index (χ3v) is 14.0. The summed E-state index contributed by atoms with van der Waals surface area (Å²) in [6.07, 6.45) is -14.1. The maximum absolute atomic E-state index is 15.6. The first kappa shape index (κ1) is 53.6. The number of carboxylic acid groups (broad SMARTS) is 1. The summed E-state index contributed by atoms with van der Waals surface area (Å²) in [5.74, 6) is -11.4. The number of furan rings is 1. The third-order valence-electron chi connectivity index (χ3n) is 14.0. The van der Waals surface area contributed by atoms with Crippen LogP contribution in [0.4, 0.5) is 0 Å². The number of esters is 5. The molecule has 4 N–H and O–H groups in total. The smallest absolute Gasteiger partial charge is 0.547 e. The Morgan fingerprint density at radius 1 is 0.886 bits per heavy atom. The van der Waals surface area contributed by atoms with Crippen molar-refractivity contribution in [2.75, 3.05) is 6.61 Å². The van der Waals surface area contributed by atoms with Gasteiger partial charge in [0.25, 0.3) is 5.91 Å². The van der Waals surface area contributed by atoms with Crippen molar-refractivity contribution in [3.05, 3.63) is 107 Å². The van der Waals surface area contributed by atoms with Gasteiger partial charge in [-0.3, -0.25) is 24.0 Å². The molecule has 20 nitrogen and oxygen atoms in total. The van der Waals surface area contributed by atoms with Gasteiger partial charge in [0.15, 0.2) is 17.5 Å². The quantitative estimate of drug-likeness (QED) is 0.0611. The van der Waals surface area contributed by atoms with Crippen LogP contribution in [0.5, 0.6) is 0 Å². The second-order valence-corrected chi connectivity index (χ2v) is 18.5. The average molecular weight is 982 g/mol. The molecule has 70 heavy (non-hydrogen) atoms. The van der Waals surface area contributed by atoms with Crippen LogP contribution in [-0.4, -0.2) is 123 Å². The molecule has 2 aromatic carbocycles. The molecule has 0 unspecified atom stereocenters. The monoisotopic (exact) mass is 981 g/mol. The second kappa shape index (κ2) is 20.5. The SMILES string of the molecule is CC(=O)O[C@H]1C(=O)[C@@]2(C)[C@H]([C@H](OC(=O)c3ccccc3)[C@]3(O)C[C@H](OC(=O)[C@H](OC(=O)C[C@H](O)C(=O)[O-])[C@@H](NC(=O)c4ccccc4)c4ccco4)C(C)=C1C3(C)C)[C@]1(OC(C)=O)CO[C@@H]1C[C@@H]2O.[Na+]. The van der Waals surface area contributed by atoms with E-state index in [2.05, 4.69) is 5.32 Å². The zero-order chi connectivity index (χ0) is 50.4. The number of aliphatic carboxylic acids is 1. The summed E-state index contributed by atoms with van der Waals surface area (Å²) in [7, 11) is 0. The Kier molecular flexibility index (Phi) is 15.7. The molecule has 21 heteroatoms. The maximum atomic E-state index is 15.6. The Morgan fingerprint density at radius 2 is 1.51 bits per heavy atom. The number of carbonyl (C=O) groups is 8. The molecule has 368 valence electrons. The molecule has 2 heterocycles. The summed E-state index contributed by atoms with van der Waals surface area (Å²) >= 11 is 0. The molecular weight excluding hydrogens is 930 g/mol.